The smallest absolute Gasteiger partial charge is 0.264 e. The molecule has 0 saturated carbocycles. The predicted molar refractivity (Wildman–Crippen MR) is 121 cm³/mol. The Kier molecular flexibility index (Phi) is 6.52. The van der Waals surface area contributed by atoms with Crippen molar-refractivity contribution in [1.82, 2.24) is 0 Å². The Labute approximate surface area is 195 Å². The van der Waals surface area contributed by atoms with Crippen LogP contribution < -0.4 is 14.4 Å². The average molecular weight is 491 g/mol. The number of nitrogens with zero attached hydrogens (tertiary/aromatic N) is 1. The van der Waals surface area contributed by atoms with Crippen LogP contribution in [-0.2, 0) is 21.2 Å². The number of nitrogens with one attached hydrogen (secondary N) is 1. The zero-order chi connectivity index (χ0) is 24.5. The van der Waals surface area contributed by atoms with E-state index in [1.54, 1.807) is 19.1 Å². The van der Waals surface area contributed by atoms with Crippen molar-refractivity contribution in [3.8, 4) is 5.75 Å². The van der Waals surface area contributed by atoms with E-state index in [0.717, 1.165) is 18.1 Å². The fourth-order valence-corrected chi connectivity index (χ4v) is 5.40. The van der Waals surface area contributed by atoms with Crippen molar-refractivity contribution < 1.29 is 31.1 Å². The first-order valence-corrected chi connectivity index (χ1v) is 11.9. The number of amides is 1. The summed E-state index contributed by atoms with van der Waals surface area (Å²) in [7, 11) is -3.81. The largest absolute Gasteiger partial charge is 0.483 e. The van der Waals surface area contributed by atoms with Crippen LogP contribution in [0.25, 0.3) is 0 Å². The van der Waals surface area contributed by atoms with Gasteiger partial charge in [0.1, 0.15) is 5.75 Å². The Morgan fingerprint density at radius 3 is 2.59 bits per heavy atom. The van der Waals surface area contributed by atoms with Crippen molar-refractivity contribution in [1.29, 1.82) is 0 Å². The highest BCUT2D eigenvalue weighted by Gasteiger charge is 2.29. The van der Waals surface area contributed by atoms with Crippen molar-refractivity contribution in [2.24, 2.45) is 0 Å². The van der Waals surface area contributed by atoms with E-state index in [4.69, 9.17) is 4.74 Å². The number of ether oxygens (including phenoxy) is 1. The van der Waals surface area contributed by atoms with E-state index in [1.807, 2.05) is 12.1 Å². The van der Waals surface area contributed by atoms with Gasteiger partial charge in [0.15, 0.2) is 24.1 Å². The lowest BCUT2D eigenvalue weighted by molar-refractivity contribution is -0.118. The number of carbonyl (C=O) groups excluding carboxylic acids is 1. The number of sulfonamides is 1. The maximum absolute atomic E-state index is 13.7. The highest BCUT2D eigenvalue weighted by Crippen LogP contribution is 2.33. The van der Waals surface area contributed by atoms with Crippen LogP contribution in [0.5, 0.6) is 5.75 Å². The summed E-state index contributed by atoms with van der Waals surface area (Å²) in [5.41, 5.74) is 1.58. The third-order valence-corrected chi connectivity index (χ3v) is 7.28. The van der Waals surface area contributed by atoms with Crippen LogP contribution in [-0.4, -0.2) is 27.5 Å². The summed E-state index contributed by atoms with van der Waals surface area (Å²) >= 11 is 0. The Balaban J connectivity index is 1.47. The van der Waals surface area contributed by atoms with Gasteiger partial charge in [-0.05, 0) is 67.3 Å². The monoisotopic (exact) mass is 490 g/mol. The van der Waals surface area contributed by atoms with Crippen LogP contribution in [0.1, 0.15) is 17.5 Å². The molecule has 1 amide bonds. The van der Waals surface area contributed by atoms with Crippen molar-refractivity contribution >= 4 is 27.3 Å². The SMILES string of the molecule is Cc1cc(S(=O)(=O)N2CCCc3ccccc32)ccc1OCC(=O)Nc1ccc(F)c(F)c1F. The Hall–Kier alpha value is -3.53. The van der Waals surface area contributed by atoms with Gasteiger partial charge in [-0.3, -0.25) is 9.10 Å². The molecule has 0 aliphatic carbocycles. The van der Waals surface area contributed by atoms with Gasteiger partial charge < -0.3 is 10.1 Å². The van der Waals surface area contributed by atoms with E-state index in [-0.39, 0.29) is 10.6 Å². The Morgan fingerprint density at radius 2 is 1.82 bits per heavy atom. The maximum Gasteiger partial charge on any atom is 0.264 e. The number of hydrogen-bond acceptors (Lipinski definition) is 4. The molecule has 0 aromatic heterocycles. The second kappa shape index (κ2) is 9.38. The second-order valence-electron chi connectivity index (χ2n) is 7.80. The second-order valence-corrected chi connectivity index (χ2v) is 9.66. The molecule has 3 aromatic carbocycles. The topological polar surface area (TPSA) is 75.7 Å². The van der Waals surface area contributed by atoms with Crippen LogP contribution in [0, 0.1) is 24.4 Å². The van der Waals surface area contributed by atoms with E-state index in [2.05, 4.69) is 5.32 Å². The molecule has 6 nitrogen and oxygen atoms in total. The van der Waals surface area contributed by atoms with Gasteiger partial charge in [-0.15, -0.1) is 0 Å². The number of halogens is 3. The number of rotatable bonds is 6. The van der Waals surface area contributed by atoms with Gasteiger partial charge >= 0.3 is 0 Å². The van der Waals surface area contributed by atoms with Gasteiger partial charge in [0.05, 0.1) is 16.3 Å². The van der Waals surface area contributed by atoms with Crippen molar-refractivity contribution in [3.05, 3.63) is 83.2 Å². The van der Waals surface area contributed by atoms with Crippen molar-refractivity contribution in [2.75, 3.05) is 22.8 Å². The lowest BCUT2D eigenvalue weighted by Crippen LogP contribution is -2.35. The number of carbonyl (C=O) groups is 1. The Morgan fingerprint density at radius 1 is 1.06 bits per heavy atom. The molecule has 0 spiro atoms. The molecule has 0 atom stereocenters. The van der Waals surface area contributed by atoms with Gasteiger partial charge in [0.2, 0.25) is 0 Å². The van der Waals surface area contributed by atoms with Crippen LogP contribution in [0.2, 0.25) is 0 Å². The molecule has 1 heterocycles. The van der Waals surface area contributed by atoms with Crippen LogP contribution in [0.3, 0.4) is 0 Å². The number of fused-ring (bicyclic) bond motifs is 1. The predicted octanol–water partition coefficient (Wildman–Crippen LogP) is 4.57. The van der Waals surface area contributed by atoms with Gasteiger partial charge in [0.25, 0.3) is 15.9 Å². The van der Waals surface area contributed by atoms with E-state index in [9.17, 15) is 26.4 Å². The van der Waals surface area contributed by atoms with E-state index < -0.39 is 45.7 Å². The summed E-state index contributed by atoms with van der Waals surface area (Å²) in [6.07, 6.45) is 1.52. The highest BCUT2D eigenvalue weighted by atomic mass is 32.2. The molecule has 0 bridgehead atoms. The lowest BCUT2D eigenvalue weighted by Gasteiger charge is -2.30. The molecule has 0 fully saturated rings. The first-order chi connectivity index (χ1) is 16.2. The van der Waals surface area contributed by atoms with E-state index in [0.29, 0.717) is 30.3 Å². The number of benzene rings is 3. The summed E-state index contributed by atoms with van der Waals surface area (Å²) < 4.78 is 73.5. The summed E-state index contributed by atoms with van der Waals surface area (Å²) in [5, 5.41) is 2.11. The maximum atomic E-state index is 13.7. The molecular weight excluding hydrogens is 469 g/mol. The molecule has 0 unspecified atom stereocenters. The normalized spacial score (nSPS) is 13.4. The third-order valence-electron chi connectivity index (χ3n) is 5.47. The quantitative estimate of drug-likeness (QED) is 0.514. The third kappa shape index (κ3) is 4.58. The van der Waals surface area contributed by atoms with Crippen molar-refractivity contribution in [3.63, 3.8) is 0 Å². The number of aryl methyl sites for hydroxylation is 2. The summed E-state index contributed by atoms with van der Waals surface area (Å²) in [4.78, 5) is 12.2. The van der Waals surface area contributed by atoms with Crippen LogP contribution in [0.15, 0.2) is 59.5 Å². The summed E-state index contributed by atoms with van der Waals surface area (Å²) in [5.74, 6) is -5.13. The highest BCUT2D eigenvalue weighted by molar-refractivity contribution is 7.92. The van der Waals surface area contributed by atoms with Gasteiger partial charge in [-0.1, -0.05) is 18.2 Å². The number of anilines is 2. The minimum absolute atomic E-state index is 0.0855. The van der Waals surface area contributed by atoms with Gasteiger partial charge in [0, 0.05) is 6.54 Å². The lowest BCUT2D eigenvalue weighted by atomic mass is 10.0. The van der Waals surface area contributed by atoms with Gasteiger partial charge in [-0.25, -0.2) is 21.6 Å². The first kappa shape index (κ1) is 23.6. The molecule has 4 rings (SSSR count). The van der Waals surface area contributed by atoms with Crippen LogP contribution in [0.4, 0.5) is 24.5 Å². The molecule has 1 N–H and O–H groups in total. The molecule has 0 saturated heterocycles. The minimum Gasteiger partial charge on any atom is -0.483 e. The minimum atomic E-state index is -3.81. The number of hydrogen-bond donors (Lipinski definition) is 1. The standard InChI is InChI=1S/C24H21F3N2O4S/c1-15-13-17(34(31,32)29-12-4-6-16-5-2-3-7-20(16)29)8-11-21(15)33-14-22(30)28-19-10-9-18(25)23(26)24(19)27/h2-3,5,7-11,13H,4,6,12,14H2,1H3,(H,28,30). The summed E-state index contributed by atoms with van der Waals surface area (Å²) in [6, 6.07) is 13.2. The molecule has 178 valence electrons. The molecule has 1 aliphatic heterocycles. The molecule has 34 heavy (non-hydrogen) atoms. The zero-order valence-corrected chi connectivity index (χ0v) is 19.0. The van der Waals surface area contributed by atoms with Gasteiger partial charge in [-0.2, -0.15) is 0 Å². The molecule has 3 aromatic rings. The van der Waals surface area contributed by atoms with E-state index >= 15 is 0 Å². The fourth-order valence-electron chi connectivity index (χ4n) is 3.77. The molecular formula is C24H21F3N2O4S. The van der Waals surface area contributed by atoms with E-state index in [1.165, 1.54) is 22.5 Å². The summed E-state index contributed by atoms with van der Waals surface area (Å²) in [6.45, 7) is 1.45. The zero-order valence-electron chi connectivity index (χ0n) is 18.1. The average Bonchev–Trinajstić information content (AvgIpc) is 2.83. The molecule has 0 radical (unpaired) electrons. The molecule has 10 heteroatoms. The fraction of sp³-hybridized carbons (Fsp3) is 0.208. The Bertz CT molecular complexity index is 1360. The molecule has 1 aliphatic rings. The number of para-hydroxylation sites is 1. The van der Waals surface area contributed by atoms with Crippen LogP contribution >= 0.6 is 0 Å². The van der Waals surface area contributed by atoms with Crippen molar-refractivity contribution in [2.45, 2.75) is 24.7 Å². The first-order valence-electron chi connectivity index (χ1n) is 10.5.